The number of halogens is 2. The molecule has 1 saturated heterocycles. The summed E-state index contributed by atoms with van der Waals surface area (Å²) in [7, 11) is 0. The molecule has 0 bridgehead atoms. The van der Waals surface area contributed by atoms with Crippen molar-refractivity contribution < 1.29 is 33.3 Å². The molecule has 0 aromatic heterocycles. The van der Waals surface area contributed by atoms with Gasteiger partial charge in [0.2, 0.25) is 12.1 Å². The molecule has 2 rings (SSSR count). The Labute approximate surface area is 100 Å². The fraction of sp³-hybridized carbons (Fsp3) is 0.600. The van der Waals surface area contributed by atoms with E-state index in [0.29, 0.717) is 4.90 Å². The molecule has 0 aliphatic carbocycles. The molecule has 1 unspecified atom stereocenters. The predicted molar refractivity (Wildman–Crippen MR) is 52.3 cm³/mol. The third-order valence-electron chi connectivity index (χ3n) is 2.85. The number of ether oxygens (including phenoxy) is 1. The number of amides is 1. The summed E-state index contributed by atoms with van der Waals surface area (Å²) in [6.07, 6.45) is -4.32. The van der Waals surface area contributed by atoms with E-state index in [-0.39, 0.29) is 0 Å². The highest BCUT2D eigenvalue weighted by molar-refractivity contribution is 6.06. The van der Waals surface area contributed by atoms with Gasteiger partial charge in [0.15, 0.2) is 11.9 Å². The van der Waals surface area contributed by atoms with Gasteiger partial charge in [0.05, 0.1) is 13.0 Å². The van der Waals surface area contributed by atoms with Crippen molar-refractivity contribution >= 4 is 11.7 Å². The average molecular weight is 263 g/mol. The smallest absolute Gasteiger partial charge is 0.320 e. The molecule has 2 aliphatic heterocycles. The van der Waals surface area contributed by atoms with Gasteiger partial charge in [0.1, 0.15) is 6.10 Å². The maximum absolute atomic E-state index is 13.7. The number of allylic oxidation sites excluding steroid dienone is 1. The van der Waals surface area contributed by atoms with Gasteiger partial charge in [-0.15, -0.1) is 0 Å². The lowest BCUT2D eigenvalue weighted by atomic mass is 10.1. The summed E-state index contributed by atoms with van der Waals surface area (Å²) in [6, 6.07) is 0. The van der Waals surface area contributed by atoms with E-state index in [1.165, 1.54) is 0 Å². The molecule has 18 heavy (non-hydrogen) atoms. The molecule has 0 spiro atoms. The molecule has 0 aromatic carbocycles. The summed E-state index contributed by atoms with van der Waals surface area (Å²) in [5, 5.41) is 18.1. The second kappa shape index (κ2) is 4.38. The minimum absolute atomic E-state index is 0.489. The largest absolute Gasteiger partial charge is 0.394 e. The number of carbonyl (C=O) groups is 2. The lowest BCUT2D eigenvalue weighted by molar-refractivity contribution is -0.172. The monoisotopic (exact) mass is 263 g/mol. The van der Waals surface area contributed by atoms with Crippen molar-refractivity contribution in [2.45, 2.75) is 30.8 Å². The van der Waals surface area contributed by atoms with Gasteiger partial charge in [-0.2, -0.15) is 8.78 Å². The first-order valence-electron chi connectivity index (χ1n) is 5.22. The van der Waals surface area contributed by atoms with Gasteiger partial charge < -0.3 is 14.9 Å². The summed E-state index contributed by atoms with van der Waals surface area (Å²) < 4.78 is 32.2. The van der Waals surface area contributed by atoms with Crippen molar-refractivity contribution in [1.29, 1.82) is 0 Å². The lowest BCUT2D eigenvalue weighted by Crippen LogP contribution is -2.50. The molecule has 1 fully saturated rings. The number of hydrogen-bond acceptors (Lipinski definition) is 5. The molecule has 6 nitrogen and oxygen atoms in total. The number of alkyl halides is 2. The minimum Gasteiger partial charge on any atom is -0.394 e. The van der Waals surface area contributed by atoms with Crippen LogP contribution in [0.1, 0.15) is 6.42 Å². The Morgan fingerprint density at radius 1 is 1.50 bits per heavy atom. The molecule has 100 valence electrons. The van der Waals surface area contributed by atoms with Crippen LogP contribution in [0.4, 0.5) is 8.78 Å². The third kappa shape index (κ3) is 1.92. The zero-order valence-corrected chi connectivity index (χ0v) is 9.12. The lowest BCUT2D eigenvalue weighted by Gasteiger charge is -2.30. The first-order valence-corrected chi connectivity index (χ1v) is 5.22. The van der Waals surface area contributed by atoms with Crippen LogP contribution in [0.25, 0.3) is 0 Å². The standard InChI is InChI=1S/C10H11F2NO5/c11-10(12)8(17)6(4-14)18-9(10)13-2-1-5(15)3-7(13)16/h1-2,6,8-9,14,17H,3-4H2/t6?,8-,9-/m1/s1. The van der Waals surface area contributed by atoms with Crippen LogP contribution in [-0.4, -0.2) is 57.8 Å². The van der Waals surface area contributed by atoms with Crippen molar-refractivity contribution in [1.82, 2.24) is 4.90 Å². The Bertz CT molecular complexity index is 411. The van der Waals surface area contributed by atoms with Crippen molar-refractivity contribution in [2.75, 3.05) is 6.61 Å². The highest BCUT2D eigenvalue weighted by Gasteiger charge is 2.61. The van der Waals surface area contributed by atoms with E-state index in [1.54, 1.807) is 0 Å². The first kappa shape index (κ1) is 13.1. The SMILES string of the molecule is O=C1C=CN([C@@H]2OC(CO)[C@@H](O)C2(F)F)C(=O)C1. The topological polar surface area (TPSA) is 87.1 Å². The van der Waals surface area contributed by atoms with E-state index in [2.05, 4.69) is 0 Å². The van der Waals surface area contributed by atoms with E-state index in [9.17, 15) is 23.5 Å². The van der Waals surface area contributed by atoms with Gasteiger partial charge in [0, 0.05) is 6.20 Å². The molecule has 0 aromatic rings. The molecule has 3 atom stereocenters. The summed E-state index contributed by atoms with van der Waals surface area (Å²) in [5.41, 5.74) is 0. The molecule has 1 amide bonds. The number of aliphatic hydroxyl groups is 2. The van der Waals surface area contributed by atoms with Crippen LogP contribution in [0.15, 0.2) is 12.3 Å². The van der Waals surface area contributed by atoms with Crippen molar-refractivity contribution in [3.8, 4) is 0 Å². The molecule has 0 radical (unpaired) electrons. The normalized spacial score (nSPS) is 35.3. The van der Waals surface area contributed by atoms with Crippen LogP contribution in [-0.2, 0) is 14.3 Å². The maximum Gasteiger partial charge on any atom is 0.320 e. The van der Waals surface area contributed by atoms with Crippen molar-refractivity contribution in [2.24, 2.45) is 0 Å². The number of ketones is 1. The highest BCUT2D eigenvalue weighted by Crippen LogP contribution is 2.38. The Kier molecular flexibility index (Phi) is 3.18. The summed E-state index contributed by atoms with van der Waals surface area (Å²) in [5.74, 6) is -5.04. The zero-order valence-electron chi connectivity index (χ0n) is 9.12. The Morgan fingerprint density at radius 2 is 2.17 bits per heavy atom. The molecule has 2 aliphatic rings. The van der Waals surface area contributed by atoms with Gasteiger partial charge >= 0.3 is 5.92 Å². The van der Waals surface area contributed by atoms with Crippen molar-refractivity contribution in [3.05, 3.63) is 12.3 Å². The van der Waals surface area contributed by atoms with Gasteiger partial charge in [-0.25, -0.2) is 0 Å². The Balaban J connectivity index is 2.26. The quantitative estimate of drug-likeness (QED) is 0.625. The number of nitrogens with zero attached hydrogens (tertiary/aromatic N) is 1. The second-order valence-electron chi connectivity index (χ2n) is 4.09. The number of carbonyl (C=O) groups excluding carboxylic acids is 2. The Hall–Kier alpha value is -1.38. The van der Waals surface area contributed by atoms with Crippen LogP contribution < -0.4 is 0 Å². The third-order valence-corrected chi connectivity index (χ3v) is 2.85. The average Bonchev–Trinajstić information content (AvgIpc) is 2.52. The molecule has 8 heteroatoms. The number of hydrogen-bond donors (Lipinski definition) is 2. The second-order valence-corrected chi connectivity index (χ2v) is 4.09. The van der Waals surface area contributed by atoms with Gasteiger partial charge in [0.25, 0.3) is 0 Å². The number of rotatable bonds is 2. The summed E-state index contributed by atoms with van der Waals surface area (Å²) >= 11 is 0. The van der Waals surface area contributed by atoms with Crippen LogP contribution in [0.5, 0.6) is 0 Å². The summed E-state index contributed by atoms with van der Waals surface area (Å²) in [6.45, 7) is -0.794. The first-order chi connectivity index (χ1) is 8.37. The van der Waals surface area contributed by atoms with E-state index in [4.69, 9.17) is 9.84 Å². The van der Waals surface area contributed by atoms with Gasteiger partial charge in [-0.05, 0) is 6.08 Å². The molecule has 2 heterocycles. The maximum atomic E-state index is 13.7. The fourth-order valence-electron chi connectivity index (χ4n) is 1.87. The van der Waals surface area contributed by atoms with Crippen LogP contribution in [0.2, 0.25) is 0 Å². The van der Waals surface area contributed by atoms with Gasteiger partial charge in [-0.1, -0.05) is 0 Å². The minimum atomic E-state index is -3.71. The predicted octanol–water partition coefficient (Wildman–Crippen LogP) is -0.985. The zero-order chi connectivity index (χ0) is 13.5. The molecular weight excluding hydrogens is 252 g/mol. The van der Waals surface area contributed by atoms with Gasteiger partial charge in [-0.3, -0.25) is 14.5 Å². The van der Waals surface area contributed by atoms with Crippen LogP contribution in [0, 0.1) is 0 Å². The van der Waals surface area contributed by atoms with Crippen molar-refractivity contribution in [3.63, 3.8) is 0 Å². The van der Waals surface area contributed by atoms with E-state index in [0.717, 1.165) is 12.3 Å². The summed E-state index contributed by atoms with van der Waals surface area (Å²) in [4.78, 5) is 23.0. The molecule has 0 saturated carbocycles. The number of aliphatic hydroxyl groups excluding tert-OH is 2. The van der Waals surface area contributed by atoms with Crippen LogP contribution in [0.3, 0.4) is 0 Å². The highest BCUT2D eigenvalue weighted by atomic mass is 19.3. The Morgan fingerprint density at radius 3 is 2.67 bits per heavy atom. The van der Waals surface area contributed by atoms with Crippen LogP contribution >= 0.6 is 0 Å². The molecule has 2 N–H and O–H groups in total. The van der Waals surface area contributed by atoms with E-state index in [1.807, 2.05) is 0 Å². The van der Waals surface area contributed by atoms with E-state index < -0.39 is 49.1 Å². The fourth-order valence-corrected chi connectivity index (χ4v) is 1.87. The molecular formula is C10H11F2NO5. The van der Waals surface area contributed by atoms with E-state index >= 15 is 0 Å².